The van der Waals surface area contributed by atoms with Crippen LogP contribution in [0.5, 0.6) is 0 Å². The van der Waals surface area contributed by atoms with Gasteiger partial charge in [-0.05, 0) is 30.9 Å². The van der Waals surface area contributed by atoms with Crippen LogP contribution in [0, 0.1) is 5.92 Å². The lowest BCUT2D eigenvalue weighted by Crippen LogP contribution is -2.35. The molecule has 0 amide bonds. The number of carbonyl (C=O) groups excluding carboxylic acids is 1. The zero-order valence-corrected chi connectivity index (χ0v) is 14.8. The van der Waals surface area contributed by atoms with Crippen LogP contribution in [-0.2, 0) is 6.42 Å². The molecule has 0 saturated heterocycles. The van der Waals surface area contributed by atoms with Crippen LogP contribution in [0.2, 0.25) is 0 Å². The van der Waals surface area contributed by atoms with E-state index in [1.54, 1.807) is 0 Å². The molecule has 0 aromatic carbocycles. The molecule has 1 aliphatic rings. The van der Waals surface area contributed by atoms with Crippen molar-refractivity contribution in [3.05, 3.63) is 17.3 Å². The fourth-order valence-electron chi connectivity index (χ4n) is 2.87. The summed E-state index contributed by atoms with van der Waals surface area (Å²) in [4.78, 5) is 16.7. The molecule has 0 saturated carbocycles. The van der Waals surface area contributed by atoms with Crippen LogP contribution in [0.4, 0.5) is 24.7 Å². The van der Waals surface area contributed by atoms with E-state index in [1.165, 1.54) is 6.07 Å². The van der Waals surface area contributed by atoms with Crippen molar-refractivity contribution in [3.8, 4) is 0 Å². The maximum atomic E-state index is 13.1. The third kappa shape index (κ3) is 5.09. The third-order valence-electron chi connectivity index (χ3n) is 4.42. The van der Waals surface area contributed by atoms with E-state index in [2.05, 4.69) is 22.5 Å². The first-order valence-corrected chi connectivity index (χ1v) is 8.98. The number of ketones is 1. The minimum atomic E-state index is -4.25. The van der Waals surface area contributed by atoms with E-state index in [-0.39, 0.29) is 24.4 Å². The topological polar surface area (TPSA) is 54.0 Å². The Morgan fingerprint density at radius 2 is 2.04 bits per heavy atom. The van der Waals surface area contributed by atoms with E-state index in [4.69, 9.17) is 0 Å². The Balaban J connectivity index is 2.30. The van der Waals surface area contributed by atoms with Crippen molar-refractivity contribution in [2.45, 2.75) is 58.5 Å². The lowest BCUT2D eigenvalue weighted by Gasteiger charge is -2.29. The van der Waals surface area contributed by atoms with Crippen molar-refractivity contribution in [3.63, 3.8) is 0 Å². The van der Waals surface area contributed by atoms with E-state index in [9.17, 15) is 18.0 Å². The number of fused-ring (bicyclic) bond motifs is 1. The molecule has 0 spiro atoms. The normalized spacial score (nSPS) is 16.9. The van der Waals surface area contributed by atoms with Crippen LogP contribution >= 0.6 is 0 Å². The van der Waals surface area contributed by atoms with Crippen molar-refractivity contribution in [1.82, 2.24) is 4.98 Å². The first-order valence-electron chi connectivity index (χ1n) is 8.98. The highest BCUT2D eigenvalue weighted by molar-refractivity contribution is 5.95. The van der Waals surface area contributed by atoms with Crippen molar-refractivity contribution in [2.24, 2.45) is 5.92 Å². The molecule has 0 radical (unpaired) electrons. The second kappa shape index (κ2) is 8.54. The number of nitrogens with one attached hydrogen (secondary N) is 2. The number of aromatic nitrogens is 1. The molecule has 2 N–H and O–H groups in total. The van der Waals surface area contributed by atoms with E-state index < -0.39 is 12.1 Å². The Bertz CT molecular complexity index is 602. The number of carbonyl (C=O) groups is 1. The van der Waals surface area contributed by atoms with Gasteiger partial charge in [-0.25, -0.2) is 4.98 Å². The largest absolute Gasteiger partial charge is 0.393 e. The molecule has 0 fully saturated rings. The van der Waals surface area contributed by atoms with E-state index in [0.29, 0.717) is 30.0 Å². The van der Waals surface area contributed by atoms with E-state index in [1.807, 2.05) is 6.92 Å². The highest BCUT2D eigenvalue weighted by Gasteiger charge is 2.42. The first kappa shape index (κ1) is 19.5. The number of hydrogen-bond acceptors (Lipinski definition) is 4. The van der Waals surface area contributed by atoms with Gasteiger partial charge in [-0.2, -0.15) is 13.2 Å². The Morgan fingerprint density at radius 1 is 1.32 bits per heavy atom. The average Bonchev–Trinajstić information content (AvgIpc) is 2.58. The molecular weight excluding hydrogens is 331 g/mol. The summed E-state index contributed by atoms with van der Waals surface area (Å²) < 4.78 is 39.2. The molecule has 2 rings (SSSR count). The van der Waals surface area contributed by atoms with Crippen LogP contribution < -0.4 is 10.6 Å². The first-order chi connectivity index (χ1) is 11.9. The maximum absolute atomic E-state index is 13.1. The fourth-order valence-corrected chi connectivity index (χ4v) is 2.87. The van der Waals surface area contributed by atoms with Crippen LogP contribution in [0.25, 0.3) is 0 Å². The number of nitrogens with zero attached hydrogens (tertiary/aromatic N) is 1. The summed E-state index contributed by atoms with van der Waals surface area (Å²) in [6, 6.07) is 1.53. The number of rotatable bonds is 8. The Hall–Kier alpha value is -1.79. The zero-order valence-electron chi connectivity index (χ0n) is 14.8. The van der Waals surface area contributed by atoms with Crippen molar-refractivity contribution >= 4 is 17.3 Å². The summed E-state index contributed by atoms with van der Waals surface area (Å²) in [5, 5.41) is 6.04. The quantitative estimate of drug-likeness (QED) is 0.518. The number of unbranched alkanes of at least 4 members (excludes halogenated alkanes) is 2. The number of pyridine rings is 1. The molecule has 1 aliphatic heterocycles. The molecule has 0 aliphatic carbocycles. The summed E-state index contributed by atoms with van der Waals surface area (Å²) in [6.45, 7) is 4.56. The van der Waals surface area contributed by atoms with Gasteiger partial charge in [-0.1, -0.05) is 26.7 Å². The molecule has 1 aromatic rings. The number of alkyl halides is 3. The van der Waals surface area contributed by atoms with Gasteiger partial charge in [0.15, 0.2) is 11.6 Å². The molecule has 1 aromatic heterocycles. The second-order valence-corrected chi connectivity index (χ2v) is 6.52. The zero-order chi connectivity index (χ0) is 18.4. The van der Waals surface area contributed by atoms with E-state index >= 15 is 0 Å². The predicted octanol–water partition coefficient (Wildman–Crippen LogP) is 4.81. The molecule has 0 bridgehead atoms. The van der Waals surface area contributed by atoms with Crippen LogP contribution in [0.15, 0.2) is 6.07 Å². The number of anilines is 2. The van der Waals surface area contributed by atoms with Gasteiger partial charge in [0.25, 0.3) is 0 Å². The van der Waals surface area contributed by atoms with Crippen molar-refractivity contribution in [2.75, 3.05) is 23.7 Å². The minimum absolute atomic E-state index is 0.114. The molecule has 1 atom stereocenters. The third-order valence-corrected chi connectivity index (χ3v) is 4.42. The molecular formula is C18H26F3N3O. The standard InChI is InChI=1S/C18H26F3N3O/c1-3-5-7-15(25)14-10-12-9-13(18(19,20)21)11-23-16(12)17(24-14)22-8-6-4-2/h10,13,23H,3-9,11H2,1-2H3,(H,22,24). The second-order valence-electron chi connectivity index (χ2n) is 6.52. The molecule has 1 unspecified atom stereocenters. The number of halogens is 3. The van der Waals surface area contributed by atoms with Gasteiger partial charge in [-0.3, -0.25) is 4.79 Å². The molecule has 2 heterocycles. The van der Waals surface area contributed by atoms with Crippen molar-refractivity contribution < 1.29 is 18.0 Å². The van der Waals surface area contributed by atoms with Crippen LogP contribution in [-0.4, -0.2) is 30.0 Å². The van der Waals surface area contributed by atoms with Gasteiger partial charge in [0.1, 0.15) is 5.69 Å². The lowest BCUT2D eigenvalue weighted by atomic mass is 9.92. The molecule has 4 nitrogen and oxygen atoms in total. The van der Waals surface area contributed by atoms with Crippen LogP contribution in [0.3, 0.4) is 0 Å². The maximum Gasteiger partial charge on any atom is 0.393 e. The molecule has 7 heteroatoms. The van der Waals surface area contributed by atoms with Gasteiger partial charge >= 0.3 is 6.18 Å². The van der Waals surface area contributed by atoms with Gasteiger partial charge in [0, 0.05) is 19.5 Å². The van der Waals surface area contributed by atoms with Gasteiger partial charge < -0.3 is 10.6 Å². The summed E-state index contributed by atoms with van der Waals surface area (Å²) in [7, 11) is 0. The summed E-state index contributed by atoms with van der Waals surface area (Å²) in [5.41, 5.74) is 1.38. The van der Waals surface area contributed by atoms with E-state index in [0.717, 1.165) is 25.7 Å². The van der Waals surface area contributed by atoms with Gasteiger partial charge in [0.2, 0.25) is 0 Å². The monoisotopic (exact) mass is 357 g/mol. The average molecular weight is 357 g/mol. The van der Waals surface area contributed by atoms with Crippen molar-refractivity contribution in [1.29, 1.82) is 0 Å². The highest BCUT2D eigenvalue weighted by atomic mass is 19.4. The number of hydrogen-bond donors (Lipinski definition) is 2. The lowest BCUT2D eigenvalue weighted by molar-refractivity contribution is -0.170. The van der Waals surface area contributed by atoms with Crippen LogP contribution in [0.1, 0.15) is 62.0 Å². The smallest absolute Gasteiger partial charge is 0.381 e. The Kier molecular flexibility index (Phi) is 6.67. The molecule has 140 valence electrons. The minimum Gasteiger partial charge on any atom is -0.381 e. The predicted molar refractivity (Wildman–Crippen MR) is 93.2 cm³/mol. The Labute approximate surface area is 146 Å². The highest BCUT2D eigenvalue weighted by Crippen LogP contribution is 2.38. The van der Waals surface area contributed by atoms with Gasteiger partial charge in [-0.15, -0.1) is 0 Å². The number of Topliss-reactive ketones (excluding diaryl/α,β-unsaturated/α-hetero) is 1. The fraction of sp³-hybridized carbons (Fsp3) is 0.667. The SMILES string of the molecule is CCCCNc1nc(C(=O)CCCC)cc2c1NCC(C(F)(F)F)C2. The summed E-state index contributed by atoms with van der Waals surface area (Å²) >= 11 is 0. The summed E-state index contributed by atoms with van der Waals surface area (Å²) in [6.07, 6.45) is -0.451. The molecule has 25 heavy (non-hydrogen) atoms. The Morgan fingerprint density at radius 3 is 2.68 bits per heavy atom. The van der Waals surface area contributed by atoms with Gasteiger partial charge in [0.05, 0.1) is 11.6 Å². The summed E-state index contributed by atoms with van der Waals surface area (Å²) in [5.74, 6) is -1.06.